The molecular formula is C23H32AsN8O3S. The van der Waals surface area contributed by atoms with Gasteiger partial charge in [-0.25, -0.2) is 0 Å². The summed E-state index contributed by atoms with van der Waals surface area (Å²) in [5, 5.41) is 5.60. The average Bonchev–Trinajstić information content (AvgIpc) is 3.10. The quantitative estimate of drug-likeness (QED) is 0.275. The van der Waals surface area contributed by atoms with Crippen LogP contribution in [0.5, 0.6) is 0 Å². The predicted molar refractivity (Wildman–Crippen MR) is 139 cm³/mol. The third-order valence-electron chi connectivity index (χ3n) is 6.69. The second kappa shape index (κ2) is 11.5. The molecule has 1 radical (unpaired) electrons. The fourth-order valence-corrected chi connectivity index (χ4v) is 7.06. The van der Waals surface area contributed by atoms with Crippen LogP contribution in [-0.2, 0) is 14.8 Å². The Morgan fingerprint density at radius 2 is 1.75 bits per heavy atom. The van der Waals surface area contributed by atoms with Crippen LogP contribution in [-0.4, -0.2) is 104 Å². The summed E-state index contributed by atoms with van der Waals surface area (Å²) < 4.78 is 35.3. The first kappa shape index (κ1) is 25.5. The molecule has 2 aliphatic rings. The van der Waals surface area contributed by atoms with Crippen molar-refractivity contribution in [3.63, 3.8) is 0 Å². The Morgan fingerprint density at radius 1 is 1.03 bits per heavy atom. The van der Waals surface area contributed by atoms with Gasteiger partial charge in [-0.2, -0.15) is 0 Å². The first-order valence-electron chi connectivity index (χ1n) is 12.5. The summed E-state index contributed by atoms with van der Waals surface area (Å²) in [5.41, 5.74) is 0.895. The van der Waals surface area contributed by atoms with E-state index in [0.29, 0.717) is 32.3 Å². The Kier molecular flexibility index (Phi) is 8.15. The Balaban J connectivity index is 1.29. The molecule has 0 amide bonds. The van der Waals surface area contributed by atoms with Crippen LogP contribution in [0.3, 0.4) is 0 Å². The van der Waals surface area contributed by atoms with E-state index >= 15 is 0 Å². The zero-order valence-electron chi connectivity index (χ0n) is 20.5. The van der Waals surface area contributed by atoms with E-state index in [1.54, 1.807) is 12.4 Å². The monoisotopic (exact) mass is 575 g/mol. The van der Waals surface area contributed by atoms with Crippen LogP contribution in [0.2, 0.25) is 0 Å². The summed E-state index contributed by atoms with van der Waals surface area (Å²) in [7, 11) is -3.50. The van der Waals surface area contributed by atoms with Gasteiger partial charge in [0.15, 0.2) is 0 Å². The van der Waals surface area contributed by atoms with E-state index in [9.17, 15) is 8.42 Å². The minimum absolute atomic E-state index is 0.193. The van der Waals surface area contributed by atoms with Gasteiger partial charge in [-0.05, 0) is 0 Å². The van der Waals surface area contributed by atoms with Gasteiger partial charge in [0, 0.05) is 0 Å². The molecule has 3 aromatic heterocycles. The maximum absolute atomic E-state index is 12.4. The van der Waals surface area contributed by atoms with Crippen LogP contribution < -0.4 is 13.3 Å². The normalized spacial score (nSPS) is 18.7. The van der Waals surface area contributed by atoms with Gasteiger partial charge in [0.05, 0.1) is 0 Å². The molecule has 5 rings (SSSR count). The van der Waals surface area contributed by atoms with Crippen molar-refractivity contribution in [3.05, 3.63) is 24.8 Å². The molecule has 0 spiro atoms. The predicted octanol–water partition coefficient (Wildman–Crippen LogP) is 0.265. The molecule has 1 aliphatic carbocycles. The summed E-state index contributed by atoms with van der Waals surface area (Å²) in [5.74, 6) is 0.193. The van der Waals surface area contributed by atoms with Gasteiger partial charge in [0.2, 0.25) is 0 Å². The molecule has 2 fully saturated rings. The molecule has 4 heterocycles. The Hall–Kier alpha value is -2.14. The summed E-state index contributed by atoms with van der Waals surface area (Å²) in [4.78, 5) is 20.4. The van der Waals surface area contributed by atoms with Gasteiger partial charge in [-0.15, -0.1) is 0 Å². The van der Waals surface area contributed by atoms with Crippen LogP contribution in [0.4, 0.5) is 5.95 Å². The molecule has 1 saturated carbocycles. The second-order valence-corrected chi connectivity index (χ2v) is 13.6. The van der Waals surface area contributed by atoms with Gasteiger partial charge in [-0.1, -0.05) is 0 Å². The number of fused-ring (bicyclic) bond motifs is 1. The van der Waals surface area contributed by atoms with Crippen LogP contribution in [0.1, 0.15) is 44.6 Å². The van der Waals surface area contributed by atoms with Crippen LogP contribution >= 0.6 is 0 Å². The molecule has 0 unspecified atom stereocenters. The molecule has 1 saturated heterocycles. The molecule has 0 aromatic carbocycles. The maximum atomic E-state index is 12.4. The summed E-state index contributed by atoms with van der Waals surface area (Å²) in [6.07, 6.45) is 15.6. The van der Waals surface area contributed by atoms with E-state index in [1.165, 1.54) is 36.2 Å². The van der Waals surface area contributed by atoms with Gasteiger partial charge >= 0.3 is 219 Å². The third kappa shape index (κ3) is 6.22. The van der Waals surface area contributed by atoms with E-state index in [4.69, 9.17) is 9.72 Å². The standard InChI is InChI=1S/C23H32AsN8O3S/c1-36(33,34)31(9-8-30-10-12-35-13-11-30)23-26-16-19(17-27-23)24-22-25-14-18-15-28-32(21(18)29-22)20-6-4-2-3-5-7-20/h14-17,20H,2-13H2,1H3. The van der Waals surface area contributed by atoms with Crippen molar-refractivity contribution in [3.8, 4) is 0 Å². The van der Waals surface area contributed by atoms with Crippen LogP contribution in [0, 0.1) is 0 Å². The fourth-order valence-electron chi connectivity index (χ4n) is 4.74. The van der Waals surface area contributed by atoms with E-state index in [1.807, 2.05) is 12.4 Å². The number of rotatable bonds is 8. The van der Waals surface area contributed by atoms with Crippen molar-refractivity contribution in [1.29, 1.82) is 0 Å². The molecule has 3 aromatic rings. The second-order valence-electron chi connectivity index (χ2n) is 9.33. The van der Waals surface area contributed by atoms with Crippen molar-refractivity contribution in [2.75, 3.05) is 50.0 Å². The number of nitrogens with zero attached hydrogens (tertiary/aromatic N) is 8. The van der Waals surface area contributed by atoms with Gasteiger partial charge in [-0.3, -0.25) is 0 Å². The number of sulfonamides is 1. The molecular weight excluding hydrogens is 543 g/mol. The molecule has 36 heavy (non-hydrogen) atoms. The molecule has 1 aliphatic heterocycles. The van der Waals surface area contributed by atoms with Gasteiger partial charge < -0.3 is 0 Å². The van der Waals surface area contributed by atoms with Crippen LogP contribution in [0.15, 0.2) is 24.8 Å². The van der Waals surface area contributed by atoms with Crippen molar-refractivity contribution in [2.24, 2.45) is 0 Å². The van der Waals surface area contributed by atoms with Gasteiger partial charge in [0.25, 0.3) is 0 Å². The van der Waals surface area contributed by atoms with Crippen molar-refractivity contribution in [2.45, 2.75) is 44.6 Å². The average molecular weight is 576 g/mol. The number of hydrogen-bond donors (Lipinski definition) is 0. The molecule has 13 heteroatoms. The number of anilines is 1. The topological polar surface area (TPSA) is 119 Å². The Morgan fingerprint density at radius 3 is 2.44 bits per heavy atom. The number of hydrogen-bond acceptors (Lipinski definition) is 9. The first-order valence-corrected chi connectivity index (χ1v) is 16.2. The summed E-state index contributed by atoms with van der Waals surface area (Å²) in [6, 6.07) is 0.394. The van der Waals surface area contributed by atoms with Crippen molar-refractivity contribution in [1.82, 2.24) is 34.6 Å². The molecule has 0 bridgehead atoms. The van der Waals surface area contributed by atoms with Crippen LogP contribution in [0.25, 0.3) is 11.0 Å². The molecule has 11 nitrogen and oxygen atoms in total. The van der Waals surface area contributed by atoms with E-state index in [-0.39, 0.29) is 5.95 Å². The SMILES string of the molecule is CS(=O)(=O)N(CCN1CCOCC1)c1ncc([As]c2ncc3cnn(C4CCCCCC4)c3n2)cn1. The summed E-state index contributed by atoms with van der Waals surface area (Å²) in [6.45, 7) is 3.84. The zero-order valence-corrected chi connectivity index (χ0v) is 23.2. The Labute approximate surface area is 218 Å². The molecule has 193 valence electrons. The number of morpholine rings is 1. The van der Waals surface area contributed by atoms with Crippen molar-refractivity contribution < 1.29 is 13.2 Å². The fraction of sp³-hybridized carbons (Fsp3) is 0.609. The number of aromatic nitrogens is 6. The van der Waals surface area contributed by atoms with Gasteiger partial charge in [0.1, 0.15) is 0 Å². The van der Waals surface area contributed by atoms with E-state index < -0.39 is 25.8 Å². The zero-order chi connectivity index (χ0) is 25.0. The number of ether oxygens (including phenoxy) is 1. The summed E-state index contributed by atoms with van der Waals surface area (Å²) >= 11 is -0.548. The van der Waals surface area contributed by atoms with E-state index in [0.717, 1.165) is 45.9 Å². The third-order valence-corrected chi connectivity index (χ3v) is 9.74. The van der Waals surface area contributed by atoms with Crippen molar-refractivity contribution >= 4 is 51.7 Å². The Bertz CT molecular complexity index is 1260. The minimum atomic E-state index is -3.50. The molecule has 0 atom stereocenters. The van der Waals surface area contributed by atoms with E-state index in [2.05, 4.69) is 29.6 Å². The first-order chi connectivity index (χ1) is 17.5. The molecule has 0 N–H and O–H groups in total.